The third-order valence-electron chi connectivity index (χ3n) is 4.01. The summed E-state index contributed by atoms with van der Waals surface area (Å²) in [6, 6.07) is 7.84. The Balaban J connectivity index is 1.83. The van der Waals surface area contributed by atoms with Crippen LogP contribution in [0.5, 0.6) is 0 Å². The Morgan fingerprint density at radius 1 is 1.27 bits per heavy atom. The van der Waals surface area contributed by atoms with Crippen LogP contribution in [0.2, 0.25) is 5.02 Å². The van der Waals surface area contributed by atoms with Crippen LogP contribution in [-0.4, -0.2) is 43.8 Å². The largest absolute Gasteiger partial charge is 0.381 e. The van der Waals surface area contributed by atoms with Crippen LogP contribution >= 0.6 is 23.4 Å². The summed E-state index contributed by atoms with van der Waals surface area (Å²) in [6.45, 7) is 3.32. The quantitative estimate of drug-likeness (QED) is 0.638. The minimum absolute atomic E-state index is 0.246. The summed E-state index contributed by atoms with van der Waals surface area (Å²) in [7, 11) is 1.80. The van der Waals surface area contributed by atoms with Crippen molar-refractivity contribution in [3.63, 3.8) is 0 Å². The number of hydrogen-bond acceptors (Lipinski definition) is 3. The molecule has 2 N–H and O–H groups in total. The van der Waals surface area contributed by atoms with Crippen LogP contribution in [0.25, 0.3) is 0 Å². The Hall–Kier alpha value is -0.910. The van der Waals surface area contributed by atoms with Crippen LogP contribution in [0, 0.1) is 0 Å². The second kappa shape index (κ2) is 8.65. The molecule has 6 heteroatoms. The molecule has 1 aromatic carbocycles. The molecular formula is C16H24ClN3OS. The van der Waals surface area contributed by atoms with Crippen molar-refractivity contribution in [1.29, 1.82) is 0 Å². The lowest BCUT2D eigenvalue weighted by Crippen LogP contribution is -2.47. The van der Waals surface area contributed by atoms with Gasteiger partial charge in [0.1, 0.15) is 0 Å². The first-order valence-corrected chi connectivity index (χ1v) is 9.09. The van der Waals surface area contributed by atoms with Crippen molar-refractivity contribution in [2.75, 3.05) is 33.1 Å². The minimum Gasteiger partial charge on any atom is -0.381 e. The van der Waals surface area contributed by atoms with Crippen molar-refractivity contribution in [3.05, 3.63) is 34.9 Å². The third-order valence-corrected chi connectivity index (χ3v) is 5.68. The molecule has 1 heterocycles. The number of nitrogens with one attached hydrogen (secondary N) is 2. The zero-order valence-electron chi connectivity index (χ0n) is 13.2. The first-order valence-electron chi connectivity index (χ1n) is 7.49. The maximum absolute atomic E-state index is 5.90. The molecule has 0 atom stereocenters. The molecule has 0 unspecified atom stereocenters. The fourth-order valence-electron chi connectivity index (χ4n) is 2.45. The number of guanidine groups is 1. The normalized spacial score (nSPS) is 18.0. The highest BCUT2D eigenvalue weighted by molar-refractivity contribution is 8.00. The second-order valence-electron chi connectivity index (χ2n) is 5.41. The molecule has 4 nitrogen and oxygen atoms in total. The van der Waals surface area contributed by atoms with Crippen molar-refractivity contribution in [2.45, 2.75) is 24.1 Å². The molecule has 0 aliphatic carbocycles. The third kappa shape index (κ3) is 5.07. The summed E-state index contributed by atoms with van der Waals surface area (Å²) in [5.41, 5.74) is 1.18. The Kier molecular flexibility index (Phi) is 6.86. The Labute approximate surface area is 142 Å². The number of benzene rings is 1. The van der Waals surface area contributed by atoms with Gasteiger partial charge in [-0.15, -0.1) is 0 Å². The summed E-state index contributed by atoms with van der Waals surface area (Å²) in [6.07, 6.45) is 4.33. The number of nitrogens with zero attached hydrogens (tertiary/aromatic N) is 1. The number of rotatable bonds is 5. The van der Waals surface area contributed by atoms with E-state index in [1.165, 1.54) is 5.56 Å². The van der Waals surface area contributed by atoms with Gasteiger partial charge in [-0.1, -0.05) is 23.7 Å². The van der Waals surface area contributed by atoms with E-state index in [1.54, 1.807) is 7.05 Å². The molecule has 0 radical (unpaired) electrons. The second-order valence-corrected chi connectivity index (χ2v) is 7.12. The lowest BCUT2D eigenvalue weighted by molar-refractivity contribution is 0.0783. The summed E-state index contributed by atoms with van der Waals surface area (Å²) < 4.78 is 5.72. The molecule has 0 spiro atoms. The van der Waals surface area contributed by atoms with Crippen LogP contribution in [0.1, 0.15) is 18.4 Å². The van der Waals surface area contributed by atoms with Gasteiger partial charge in [0.15, 0.2) is 5.96 Å². The average molecular weight is 342 g/mol. The molecule has 1 aromatic rings. The van der Waals surface area contributed by atoms with Crippen LogP contribution in [0.3, 0.4) is 0 Å². The zero-order chi connectivity index (χ0) is 15.8. The summed E-state index contributed by atoms with van der Waals surface area (Å²) in [5, 5.41) is 7.55. The Morgan fingerprint density at radius 2 is 1.95 bits per heavy atom. The smallest absolute Gasteiger partial charge is 0.191 e. The topological polar surface area (TPSA) is 45.7 Å². The summed E-state index contributed by atoms with van der Waals surface area (Å²) >= 11 is 7.82. The van der Waals surface area contributed by atoms with E-state index in [0.29, 0.717) is 0 Å². The molecule has 0 saturated carbocycles. The molecule has 122 valence electrons. The van der Waals surface area contributed by atoms with Gasteiger partial charge in [-0.05, 0) is 36.8 Å². The summed E-state index contributed by atoms with van der Waals surface area (Å²) in [5.74, 6) is 0.829. The van der Waals surface area contributed by atoms with Crippen LogP contribution in [-0.2, 0) is 11.3 Å². The fourth-order valence-corrected chi connectivity index (χ4v) is 3.37. The average Bonchev–Trinajstić information content (AvgIpc) is 2.57. The van der Waals surface area contributed by atoms with Gasteiger partial charge in [-0.3, -0.25) is 4.99 Å². The Morgan fingerprint density at radius 3 is 2.55 bits per heavy atom. The Bertz CT molecular complexity index is 487. The van der Waals surface area contributed by atoms with Crippen molar-refractivity contribution in [2.24, 2.45) is 4.99 Å². The standard InChI is InChI=1S/C16H24ClN3OS/c1-18-15(19-11-13-3-5-14(17)6-4-13)20-12-16(22-2)7-9-21-10-8-16/h3-6H,7-12H2,1-2H3,(H2,18,19,20). The molecule has 0 amide bonds. The maximum atomic E-state index is 5.90. The van der Waals surface area contributed by atoms with Crippen molar-refractivity contribution >= 4 is 29.3 Å². The summed E-state index contributed by atoms with van der Waals surface area (Å²) in [4.78, 5) is 4.30. The van der Waals surface area contributed by atoms with Crippen molar-refractivity contribution in [3.8, 4) is 0 Å². The van der Waals surface area contributed by atoms with Gasteiger partial charge in [0.2, 0.25) is 0 Å². The predicted molar refractivity (Wildman–Crippen MR) is 96.0 cm³/mol. The fraction of sp³-hybridized carbons (Fsp3) is 0.562. The van der Waals surface area contributed by atoms with E-state index in [2.05, 4.69) is 21.9 Å². The molecule has 1 fully saturated rings. The van der Waals surface area contributed by atoms with E-state index in [9.17, 15) is 0 Å². The maximum Gasteiger partial charge on any atom is 0.191 e. The highest BCUT2D eigenvalue weighted by atomic mass is 35.5. The van der Waals surface area contributed by atoms with E-state index in [-0.39, 0.29) is 4.75 Å². The van der Waals surface area contributed by atoms with E-state index in [4.69, 9.17) is 16.3 Å². The molecule has 2 rings (SSSR count). The predicted octanol–water partition coefficient (Wildman–Crippen LogP) is 2.92. The van der Waals surface area contributed by atoms with Gasteiger partial charge in [-0.25, -0.2) is 0 Å². The number of thioether (sulfide) groups is 1. The first kappa shape index (κ1) is 17.4. The highest BCUT2D eigenvalue weighted by Gasteiger charge is 2.31. The molecule has 1 aliphatic heterocycles. The number of hydrogen-bond donors (Lipinski definition) is 2. The van der Waals surface area contributed by atoms with Crippen LogP contribution in [0.15, 0.2) is 29.3 Å². The van der Waals surface area contributed by atoms with Gasteiger partial charge >= 0.3 is 0 Å². The lowest BCUT2D eigenvalue weighted by Gasteiger charge is -2.36. The van der Waals surface area contributed by atoms with E-state index < -0.39 is 0 Å². The molecule has 1 saturated heterocycles. The van der Waals surface area contributed by atoms with Crippen LogP contribution < -0.4 is 10.6 Å². The molecule has 1 aliphatic rings. The zero-order valence-corrected chi connectivity index (χ0v) is 14.8. The molecule has 0 aromatic heterocycles. The number of halogens is 1. The minimum atomic E-state index is 0.246. The van der Waals surface area contributed by atoms with Crippen molar-refractivity contribution < 1.29 is 4.74 Å². The van der Waals surface area contributed by atoms with Gasteiger partial charge in [0.25, 0.3) is 0 Å². The van der Waals surface area contributed by atoms with Crippen LogP contribution in [0.4, 0.5) is 0 Å². The van der Waals surface area contributed by atoms with Gasteiger partial charge in [0.05, 0.1) is 0 Å². The SMILES string of the molecule is CN=C(NCc1ccc(Cl)cc1)NCC1(SC)CCOCC1. The number of ether oxygens (including phenoxy) is 1. The number of aliphatic imine (C=N–C) groups is 1. The highest BCUT2D eigenvalue weighted by Crippen LogP contribution is 2.32. The molecule has 0 bridgehead atoms. The van der Waals surface area contributed by atoms with Gasteiger partial charge < -0.3 is 15.4 Å². The molecule has 22 heavy (non-hydrogen) atoms. The monoisotopic (exact) mass is 341 g/mol. The van der Waals surface area contributed by atoms with Crippen molar-refractivity contribution in [1.82, 2.24) is 10.6 Å². The van der Waals surface area contributed by atoms with Gasteiger partial charge in [0, 0.05) is 43.1 Å². The van der Waals surface area contributed by atoms with E-state index in [0.717, 1.165) is 50.1 Å². The van der Waals surface area contributed by atoms with E-state index >= 15 is 0 Å². The first-order chi connectivity index (χ1) is 10.7. The molecular weight excluding hydrogens is 318 g/mol. The lowest BCUT2D eigenvalue weighted by atomic mass is 9.99. The van der Waals surface area contributed by atoms with Gasteiger partial charge in [-0.2, -0.15) is 11.8 Å². The van der Waals surface area contributed by atoms with E-state index in [1.807, 2.05) is 36.0 Å².